The molecular weight excluding hydrogens is 366 g/mol. The molecule has 2 heterocycles. The van der Waals surface area contributed by atoms with Gasteiger partial charge in [-0.05, 0) is 48.1 Å². The van der Waals surface area contributed by atoms with E-state index in [1.54, 1.807) is 35.0 Å². The summed E-state index contributed by atoms with van der Waals surface area (Å²) in [6.07, 6.45) is 4.71. The first-order valence-corrected chi connectivity index (χ1v) is 8.32. The summed E-state index contributed by atoms with van der Waals surface area (Å²) in [5.74, 6) is -2.35. The Hall–Kier alpha value is -3.52. The Bertz CT molecular complexity index is 989. The highest BCUT2D eigenvalue weighted by molar-refractivity contribution is 7.80. The predicted octanol–water partition coefficient (Wildman–Crippen LogP) is 0.653. The smallest absolute Gasteiger partial charge is 0.266 e. The summed E-state index contributed by atoms with van der Waals surface area (Å²) >= 11 is 5.02. The zero-order chi connectivity index (χ0) is 19.6. The molecule has 0 radical (unpaired) electrons. The van der Waals surface area contributed by atoms with Crippen LogP contribution in [0.5, 0.6) is 0 Å². The van der Waals surface area contributed by atoms with Crippen molar-refractivity contribution in [2.24, 2.45) is 0 Å². The zero-order valence-electron chi connectivity index (χ0n) is 14.0. The van der Waals surface area contributed by atoms with E-state index >= 15 is 0 Å². The normalized spacial score (nSPS) is 15.8. The maximum Gasteiger partial charge on any atom is 0.266 e. The van der Waals surface area contributed by atoms with Crippen LogP contribution in [0.3, 0.4) is 0 Å². The highest BCUT2D eigenvalue weighted by Gasteiger charge is 2.32. The van der Waals surface area contributed by atoms with Crippen LogP contribution in [0.25, 0.3) is 11.8 Å². The number of carboxylic acids is 1. The minimum absolute atomic E-state index is 0.0373. The lowest BCUT2D eigenvalue weighted by Gasteiger charge is -2.27. The van der Waals surface area contributed by atoms with Crippen LogP contribution in [0, 0.1) is 0 Å². The average Bonchev–Trinajstić information content (AvgIpc) is 3.10. The molecule has 0 aliphatic carbocycles. The molecule has 2 amide bonds. The van der Waals surface area contributed by atoms with Crippen LogP contribution >= 0.6 is 12.2 Å². The molecule has 1 fully saturated rings. The summed E-state index contributed by atoms with van der Waals surface area (Å²) in [4.78, 5) is 37.0. The Morgan fingerprint density at radius 2 is 1.93 bits per heavy atom. The van der Waals surface area contributed by atoms with Gasteiger partial charge < -0.3 is 14.5 Å². The monoisotopic (exact) mass is 380 g/mol. The number of amides is 2. The number of hydrogen-bond acceptors (Lipinski definition) is 5. The molecule has 1 aliphatic heterocycles. The third-order valence-corrected chi connectivity index (χ3v) is 4.27. The fraction of sp³-hybridized carbons (Fsp3) is 0.0526. The number of hydrogen-bond donors (Lipinski definition) is 1. The van der Waals surface area contributed by atoms with Crippen molar-refractivity contribution in [3.63, 3.8) is 0 Å². The highest BCUT2D eigenvalue weighted by Crippen LogP contribution is 2.19. The minimum atomic E-state index is -1.26. The summed E-state index contributed by atoms with van der Waals surface area (Å²) in [7, 11) is 0. The fourth-order valence-corrected chi connectivity index (χ4v) is 2.89. The number of nitrogens with one attached hydrogen (secondary N) is 1. The molecular formula is C19H14N3O4S-. The van der Waals surface area contributed by atoms with Crippen molar-refractivity contribution in [2.75, 3.05) is 6.54 Å². The summed E-state index contributed by atoms with van der Waals surface area (Å²) < 4.78 is 1.72. The molecule has 136 valence electrons. The van der Waals surface area contributed by atoms with E-state index in [1.807, 2.05) is 0 Å². The van der Waals surface area contributed by atoms with Gasteiger partial charge >= 0.3 is 0 Å². The largest absolute Gasteiger partial charge is 0.545 e. The number of carbonyl (C=O) groups is 3. The van der Waals surface area contributed by atoms with Crippen molar-refractivity contribution >= 4 is 41.2 Å². The lowest BCUT2D eigenvalue weighted by Crippen LogP contribution is -2.53. The first-order chi connectivity index (χ1) is 12.9. The Morgan fingerprint density at radius 1 is 1.22 bits per heavy atom. The maximum absolute atomic E-state index is 12.6. The van der Waals surface area contributed by atoms with Crippen molar-refractivity contribution in [3.05, 3.63) is 72.1 Å². The highest BCUT2D eigenvalue weighted by atomic mass is 32.1. The van der Waals surface area contributed by atoms with E-state index in [9.17, 15) is 19.5 Å². The van der Waals surface area contributed by atoms with Crippen LogP contribution in [-0.4, -0.2) is 38.9 Å². The van der Waals surface area contributed by atoms with Crippen LogP contribution < -0.4 is 10.4 Å². The third-order valence-electron chi connectivity index (χ3n) is 3.95. The van der Waals surface area contributed by atoms with Crippen molar-refractivity contribution in [3.8, 4) is 5.69 Å². The van der Waals surface area contributed by atoms with Gasteiger partial charge in [-0.25, -0.2) is 0 Å². The third kappa shape index (κ3) is 3.56. The first kappa shape index (κ1) is 18.3. The lowest BCUT2D eigenvalue weighted by atomic mass is 10.1. The van der Waals surface area contributed by atoms with Gasteiger partial charge in [0.05, 0.1) is 5.97 Å². The van der Waals surface area contributed by atoms with Gasteiger partial charge in [-0.3, -0.25) is 19.8 Å². The molecule has 0 spiro atoms. The molecule has 1 aliphatic rings. The maximum atomic E-state index is 12.6. The van der Waals surface area contributed by atoms with Gasteiger partial charge in [0.1, 0.15) is 5.57 Å². The molecule has 0 atom stereocenters. The van der Waals surface area contributed by atoms with E-state index in [0.717, 1.165) is 0 Å². The number of rotatable bonds is 5. The molecule has 1 aromatic carbocycles. The van der Waals surface area contributed by atoms with Gasteiger partial charge in [-0.1, -0.05) is 18.2 Å². The van der Waals surface area contributed by atoms with Crippen LogP contribution in [0.15, 0.2) is 60.8 Å². The number of carbonyl (C=O) groups excluding carboxylic acids is 3. The van der Waals surface area contributed by atoms with Crippen LogP contribution in [0.4, 0.5) is 0 Å². The van der Waals surface area contributed by atoms with E-state index in [2.05, 4.69) is 11.9 Å². The number of benzene rings is 1. The lowest BCUT2D eigenvalue weighted by molar-refractivity contribution is -0.255. The van der Waals surface area contributed by atoms with Gasteiger partial charge in [0.15, 0.2) is 5.11 Å². The second kappa shape index (κ2) is 7.38. The van der Waals surface area contributed by atoms with Crippen LogP contribution in [-0.2, 0) is 9.59 Å². The molecule has 1 saturated heterocycles. The summed E-state index contributed by atoms with van der Waals surface area (Å²) in [5, 5.41) is 13.4. The molecule has 27 heavy (non-hydrogen) atoms. The second-order valence-electron chi connectivity index (χ2n) is 5.66. The van der Waals surface area contributed by atoms with Crippen molar-refractivity contribution in [2.45, 2.75) is 0 Å². The molecule has 3 rings (SSSR count). The minimum Gasteiger partial charge on any atom is -0.545 e. The zero-order valence-corrected chi connectivity index (χ0v) is 14.9. The van der Waals surface area contributed by atoms with E-state index < -0.39 is 17.8 Å². The standard InChI is InChI=1S/C19H15N3O4S/c1-2-9-22-17(24)15(16(23)20-19(22)27)11-14-4-3-10-21(14)13-7-5-12(6-8-13)18(25)26/h2-8,10-11H,1,9H2,(H,25,26)(H,20,23,27)/p-1/b15-11+. The second-order valence-corrected chi connectivity index (χ2v) is 6.05. The van der Waals surface area contributed by atoms with Crippen molar-refractivity contribution in [1.82, 2.24) is 14.8 Å². The topological polar surface area (TPSA) is 94.5 Å². The molecule has 0 unspecified atom stereocenters. The van der Waals surface area contributed by atoms with Gasteiger partial charge in [-0.2, -0.15) is 0 Å². The molecule has 1 aromatic heterocycles. The van der Waals surface area contributed by atoms with Crippen molar-refractivity contribution in [1.29, 1.82) is 0 Å². The van der Waals surface area contributed by atoms with Gasteiger partial charge in [-0.15, -0.1) is 6.58 Å². The SMILES string of the molecule is C=CCN1C(=O)/C(=C/c2cccn2-c2ccc(C(=O)[O-])cc2)C(=O)NC1=S. The van der Waals surface area contributed by atoms with Crippen LogP contribution in [0.2, 0.25) is 0 Å². The molecule has 1 N–H and O–H groups in total. The molecule has 0 saturated carbocycles. The summed E-state index contributed by atoms with van der Waals surface area (Å²) in [6.45, 7) is 3.76. The predicted molar refractivity (Wildman–Crippen MR) is 101 cm³/mol. The van der Waals surface area contributed by atoms with E-state index in [1.165, 1.54) is 29.2 Å². The van der Waals surface area contributed by atoms with E-state index in [0.29, 0.717) is 11.4 Å². The fourth-order valence-electron chi connectivity index (χ4n) is 2.64. The Kier molecular flexibility index (Phi) is 5.00. The van der Waals surface area contributed by atoms with Gasteiger partial charge in [0.2, 0.25) is 0 Å². The van der Waals surface area contributed by atoms with Gasteiger partial charge in [0, 0.05) is 24.1 Å². The van der Waals surface area contributed by atoms with E-state index in [4.69, 9.17) is 12.2 Å². The van der Waals surface area contributed by atoms with Gasteiger partial charge in [0.25, 0.3) is 11.8 Å². The number of carboxylic acid groups (broad SMARTS) is 1. The number of thiocarbonyl (C=S) groups is 1. The summed E-state index contributed by atoms with van der Waals surface area (Å²) in [5.41, 5.74) is 1.23. The quantitative estimate of drug-likeness (QED) is 0.356. The number of nitrogens with zero attached hydrogens (tertiary/aromatic N) is 2. The Balaban J connectivity index is 1.98. The number of aromatic carboxylic acids is 1. The molecule has 0 bridgehead atoms. The Labute approximate surface area is 160 Å². The number of aromatic nitrogens is 1. The average molecular weight is 380 g/mol. The summed E-state index contributed by atoms with van der Waals surface area (Å²) in [6, 6.07) is 9.53. The Morgan fingerprint density at radius 3 is 2.56 bits per heavy atom. The first-order valence-electron chi connectivity index (χ1n) is 7.91. The van der Waals surface area contributed by atoms with Crippen molar-refractivity contribution < 1.29 is 19.5 Å². The van der Waals surface area contributed by atoms with Crippen LogP contribution in [0.1, 0.15) is 16.1 Å². The molecule has 2 aromatic rings. The molecule has 8 heteroatoms. The van der Waals surface area contributed by atoms with E-state index in [-0.39, 0.29) is 22.8 Å². The molecule has 7 nitrogen and oxygen atoms in total.